The van der Waals surface area contributed by atoms with Gasteiger partial charge in [0.2, 0.25) is 0 Å². The number of ether oxygens (including phenoxy) is 1. The van der Waals surface area contributed by atoms with Gasteiger partial charge in [-0.2, -0.15) is 0 Å². The van der Waals surface area contributed by atoms with Crippen LogP contribution in [0.5, 0.6) is 0 Å². The second-order valence-corrected chi connectivity index (χ2v) is 2.74. The van der Waals surface area contributed by atoms with E-state index in [0.717, 1.165) is 0 Å². The highest BCUT2D eigenvalue weighted by atomic mass is 35.5. The minimum Gasteiger partial charge on any atom is -0.480 e. The maximum atomic E-state index is 10.9. The van der Waals surface area contributed by atoms with E-state index in [0.29, 0.717) is 13.0 Å². The predicted molar refractivity (Wildman–Crippen MR) is 46.8 cm³/mol. The van der Waals surface area contributed by atoms with Gasteiger partial charge in [0, 0.05) is 6.42 Å². The lowest BCUT2D eigenvalue weighted by Crippen LogP contribution is -2.43. The number of halogens is 1. The lowest BCUT2D eigenvalue weighted by molar-refractivity contribution is -0.141. The molecule has 1 unspecified atom stereocenters. The summed E-state index contributed by atoms with van der Waals surface area (Å²) in [6.07, 6.45) is 0.552. The summed E-state index contributed by atoms with van der Waals surface area (Å²) in [5.74, 6) is -1.32. The number of cyclic esters (lactones) is 1. The van der Waals surface area contributed by atoms with E-state index in [1.54, 1.807) is 0 Å². The minimum absolute atomic E-state index is 0. The third-order valence-electron chi connectivity index (χ3n) is 1.76. The number of carboxylic acid groups (broad SMARTS) is 1. The van der Waals surface area contributed by atoms with Crippen LogP contribution in [0.2, 0.25) is 0 Å². The summed E-state index contributed by atoms with van der Waals surface area (Å²) in [7, 11) is 0. The quantitative estimate of drug-likeness (QED) is 0.629. The second kappa shape index (κ2) is 5.04. The van der Waals surface area contributed by atoms with E-state index >= 15 is 0 Å². The third-order valence-corrected chi connectivity index (χ3v) is 1.76. The van der Waals surface area contributed by atoms with Gasteiger partial charge in [-0.05, 0) is 6.92 Å². The molecule has 2 atom stereocenters. The molecule has 1 aliphatic heterocycles. The molecule has 0 aromatic heterocycles. The van der Waals surface area contributed by atoms with Crippen LogP contribution < -0.4 is 5.32 Å². The molecule has 1 saturated heterocycles. The molecule has 0 radical (unpaired) electrons. The van der Waals surface area contributed by atoms with Crippen molar-refractivity contribution in [3.8, 4) is 0 Å². The maximum Gasteiger partial charge on any atom is 0.323 e. The Bertz CT molecular complexity index is 209. The predicted octanol–water partition coefficient (Wildman–Crippen LogP) is -0.214. The van der Waals surface area contributed by atoms with Crippen LogP contribution in [0.4, 0.5) is 0 Å². The van der Waals surface area contributed by atoms with E-state index < -0.39 is 18.1 Å². The van der Waals surface area contributed by atoms with Gasteiger partial charge < -0.3 is 9.84 Å². The van der Waals surface area contributed by atoms with Gasteiger partial charge in [-0.1, -0.05) is 0 Å². The third kappa shape index (κ3) is 3.20. The van der Waals surface area contributed by atoms with Gasteiger partial charge in [-0.25, -0.2) is 0 Å². The van der Waals surface area contributed by atoms with Crippen LogP contribution >= 0.6 is 12.4 Å². The van der Waals surface area contributed by atoms with Gasteiger partial charge in [-0.15, -0.1) is 12.4 Å². The van der Waals surface area contributed by atoms with Crippen molar-refractivity contribution in [2.75, 3.05) is 6.61 Å². The number of hydrogen-bond donors (Lipinski definition) is 2. The standard InChI is InChI=1S/C7H11NO4.ClH/c1-4(6(9)10)8-5-2-3-12-7(5)11;/h4-5,8H,2-3H2,1H3,(H,9,10);1H/t4-,5?;/m0./s1. The Labute approximate surface area is 81.9 Å². The molecule has 1 fully saturated rings. The molecule has 1 aliphatic rings. The van der Waals surface area contributed by atoms with Crippen molar-refractivity contribution in [1.29, 1.82) is 0 Å². The average Bonchev–Trinajstić information content (AvgIpc) is 2.36. The molecule has 0 spiro atoms. The molecule has 2 N–H and O–H groups in total. The monoisotopic (exact) mass is 209 g/mol. The number of aliphatic carboxylic acids is 1. The molecule has 6 heteroatoms. The summed E-state index contributed by atoms with van der Waals surface area (Å²) in [6.45, 7) is 1.87. The molecule has 1 rings (SSSR count). The van der Waals surface area contributed by atoms with Crippen molar-refractivity contribution in [2.45, 2.75) is 25.4 Å². The van der Waals surface area contributed by atoms with E-state index in [2.05, 4.69) is 10.1 Å². The van der Waals surface area contributed by atoms with Crippen LogP contribution in [0.1, 0.15) is 13.3 Å². The largest absolute Gasteiger partial charge is 0.480 e. The number of rotatable bonds is 3. The summed E-state index contributed by atoms with van der Waals surface area (Å²) < 4.78 is 4.65. The smallest absolute Gasteiger partial charge is 0.323 e. The highest BCUT2D eigenvalue weighted by Gasteiger charge is 2.28. The zero-order valence-electron chi connectivity index (χ0n) is 7.15. The van der Waals surface area contributed by atoms with Gasteiger partial charge in [-0.3, -0.25) is 14.9 Å². The van der Waals surface area contributed by atoms with Crippen molar-refractivity contribution < 1.29 is 19.4 Å². The lowest BCUT2D eigenvalue weighted by atomic mass is 10.2. The number of carboxylic acids is 1. The van der Waals surface area contributed by atoms with Crippen LogP contribution in [0.15, 0.2) is 0 Å². The molecule has 13 heavy (non-hydrogen) atoms. The molecule has 0 aromatic rings. The molecular formula is C7H12ClNO4. The molecule has 5 nitrogen and oxygen atoms in total. The Balaban J connectivity index is 0.00000144. The summed E-state index contributed by atoms with van der Waals surface area (Å²) in [4.78, 5) is 21.2. The topological polar surface area (TPSA) is 75.6 Å². The van der Waals surface area contributed by atoms with Crippen molar-refractivity contribution in [2.24, 2.45) is 0 Å². The van der Waals surface area contributed by atoms with E-state index in [1.165, 1.54) is 6.92 Å². The normalized spacial score (nSPS) is 23.2. The number of esters is 1. The van der Waals surface area contributed by atoms with E-state index in [1.807, 2.05) is 0 Å². The Hall–Kier alpha value is -0.810. The van der Waals surface area contributed by atoms with Crippen LogP contribution in [-0.2, 0) is 14.3 Å². The van der Waals surface area contributed by atoms with Gasteiger partial charge in [0.1, 0.15) is 12.1 Å². The van der Waals surface area contributed by atoms with Crippen LogP contribution in [0.25, 0.3) is 0 Å². The summed E-state index contributed by atoms with van der Waals surface area (Å²) in [6, 6.07) is -1.16. The van der Waals surface area contributed by atoms with Crippen molar-refractivity contribution in [3.63, 3.8) is 0 Å². The Morgan fingerprint density at radius 3 is 2.77 bits per heavy atom. The molecule has 0 bridgehead atoms. The number of carbonyl (C=O) groups excluding carboxylic acids is 1. The zero-order valence-corrected chi connectivity index (χ0v) is 7.97. The average molecular weight is 210 g/mol. The molecule has 0 aromatic carbocycles. The second-order valence-electron chi connectivity index (χ2n) is 2.74. The van der Waals surface area contributed by atoms with E-state index in [-0.39, 0.29) is 18.4 Å². The van der Waals surface area contributed by atoms with Gasteiger partial charge >= 0.3 is 11.9 Å². The molecule has 0 saturated carbocycles. The SMILES string of the molecule is C[C@H](NC1CCOC1=O)C(=O)O.Cl. The Morgan fingerprint density at radius 2 is 2.38 bits per heavy atom. The molecule has 76 valence electrons. The highest BCUT2D eigenvalue weighted by molar-refractivity contribution is 5.85. The zero-order chi connectivity index (χ0) is 9.14. The number of hydrogen-bond acceptors (Lipinski definition) is 4. The summed E-state index contributed by atoms with van der Waals surface area (Å²) in [5, 5.41) is 11.2. The van der Waals surface area contributed by atoms with Crippen LogP contribution in [0, 0.1) is 0 Å². The fourth-order valence-corrected chi connectivity index (χ4v) is 1.02. The lowest BCUT2D eigenvalue weighted by Gasteiger charge is -2.11. The van der Waals surface area contributed by atoms with Gasteiger partial charge in [0.05, 0.1) is 6.61 Å². The van der Waals surface area contributed by atoms with Crippen molar-refractivity contribution in [1.82, 2.24) is 5.32 Å². The Morgan fingerprint density at radius 1 is 1.77 bits per heavy atom. The first kappa shape index (κ1) is 12.2. The first-order chi connectivity index (χ1) is 5.61. The van der Waals surface area contributed by atoms with Gasteiger partial charge in [0.25, 0.3) is 0 Å². The minimum atomic E-state index is -0.963. The van der Waals surface area contributed by atoms with Crippen LogP contribution in [0.3, 0.4) is 0 Å². The number of nitrogens with one attached hydrogen (secondary N) is 1. The molecule has 0 amide bonds. The van der Waals surface area contributed by atoms with Crippen molar-refractivity contribution >= 4 is 24.3 Å². The molecule has 0 aliphatic carbocycles. The van der Waals surface area contributed by atoms with Crippen LogP contribution in [-0.4, -0.2) is 35.7 Å². The first-order valence-corrected chi connectivity index (χ1v) is 3.76. The summed E-state index contributed by atoms with van der Waals surface area (Å²) >= 11 is 0. The van der Waals surface area contributed by atoms with Gasteiger partial charge in [0.15, 0.2) is 0 Å². The molecule has 1 heterocycles. The maximum absolute atomic E-state index is 10.9. The fraction of sp³-hybridized carbons (Fsp3) is 0.714. The Kier molecular flexibility index (Phi) is 4.72. The molecular weight excluding hydrogens is 198 g/mol. The van der Waals surface area contributed by atoms with E-state index in [9.17, 15) is 9.59 Å². The van der Waals surface area contributed by atoms with E-state index in [4.69, 9.17) is 5.11 Å². The number of carbonyl (C=O) groups is 2. The first-order valence-electron chi connectivity index (χ1n) is 3.76. The fourth-order valence-electron chi connectivity index (χ4n) is 1.02. The summed E-state index contributed by atoms with van der Waals surface area (Å²) in [5.41, 5.74) is 0. The van der Waals surface area contributed by atoms with Crippen molar-refractivity contribution in [3.05, 3.63) is 0 Å². The highest BCUT2D eigenvalue weighted by Crippen LogP contribution is 2.06.